The molecule has 0 unspecified atom stereocenters. The second kappa shape index (κ2) is 6.54. The van der Waals surface area contributed by atoms with Crippen molar-refractivity contribution in [2.45, 2.75) is 19.5 Å². The molecule has 0 saturated carbocycles. The molecule has 0 bridgehead atoms. The van der Waals surface area contributed by atoms with E-state index >= 15 is 0 Å². The summed E-state index contributed by atoms with van der Waals surface area (Å²) in [5.74, 6) is 0. The lowest BCUT2D eigenvalue weighted by Crippen LogP contribution is -2.22. The molecule has 0 fully saturated rings. The third-order valence-electron chi connectivity index (χ3n) is 3.95. The molecular formula is C18H20N4. The van der Waals surface area contributed by atoms with Crippen molar-refractivity contribution in [1.29, 1.82) is 0 Å². The minimum absolute atomic E-state index is 0.287. The van der Waals surface area contributed by atoms with E-state index < -0.39 is 0 Å². The van der Waals surface area contributed by atoms with Crippen LogP contribution >= 0.6 is 0 Å². The quantitative estimate of drug-likeness (QED) is 0.722. The predicted molar refractivity (Wildman–Crippen MR) is 87.7 cm³/mol. The SMILES string of the molecule is C[C@@H](c1ccccn1)N(C)Cc1ccc(-n2ccnc2)cc1. The Hall–Kier alpha value is -2.46. The van der Waals surface area contributed by atoms with Gasteiger partial charge < -0.3 is 4.57 Å². The standard InChI is InChI=1S/C18H20N4/c1-15(18-5-3-4-10-20-18)21(2)13-16-6-8-17(9-7-16)22-12-11-19-14-22/h3-12,14-15H,13H2,1-2H3/t15-/m0/s1. The minimum Gasteiger partial charge on any atom is -0.306 e. The highest BCUT2D eigenvalue weighted by Gasteiger charge is 2.12. The van der Waals surface area contributed by atoms with Crippen molar-refractivity contribution >= 4 is 0 Å². The van der Waals surface area contributed by atoms with Gasteiger partial charge in [0.05, 0.1) is 12.0 Å². The van der Waals surface area contributed by atoms with Crippen LogP contribution in [0.5, 0.6) is 0 Å². The van der Waals surface area contributed by atoms with Gasteiger partial charge in [0.25, 0.3) is 0 Å². The smallest absolute Gasteiger partial charge is 0.0991 e. The lowest BCUT2D eigenvalue weighted by molar-refractivity contribution is 0.248. The van der Waals surface area contributed by atoms with E-state index in [4.69, 9.17) is 0 Å². The zero-order valence-corrected chi connectivity index (χ0v) is 12.9. The lowest BCUT2D eigenvalue weighted by Gasteiger charge is -2.24. The van der Waals surface area contributed by atoms with Gasteiger partial charge in [-0.1, -0.05) is 18.2 Å². The summed E-state index contributed by atoms with van der Waals surface area (Å²) in [7, 11) is 2.13. The summed E-state index contributed by atoms with van der Waals surface area (Å²) >= 11 is 0. The fourth-order valence-electron chi connectivity index (χ4n) is 2.46. The molecule has 4 heteroatoms. The van der Waals surface area contributed by atoms with Gasteiger partial charge in [-0.3, -0.25) is 9.88 Å². The highest BCUT2D eigenvalue weighted by molar-refractivity contribution is 5.34. The molecule has 0 radical (unpaired) electrons. The zero-order chi connectivity index (χ0) is 15.4. The summed E-state index contributed by atoms with van der Waals surface area (Å²) in [5.41, 5.74) is 3.51. The van der Waals surface area contributed by atoms with Gasteiger partial charge in [0, 0.05) is 36.9 Å². The zero-order valence-electron chi connectivity index (χ0n) is 12.9. The molecule has 2 aromatic heterocycles. The first kappa shape index (κ1) is 14.5. The number of aromatic nitrogens is 3. The number of nitrogens with zero attached hydrogens (tertiary/aromatic N) is 4. The number of pyridine rings is 1. The van der Waals surface area contributed by atoms with Crippen molar-refractivity contribution in [3.63, 3.8) is 0 Å². The Morgan fingerprint density at radius 1 is 1.09 bits per heavy atom. The summed E-state index contributed by atoms with van der Waals surface area (Å²) in [6.07, 6.45) is 7.39. The van der Waals surface area contributed by atoms with Crippen LogP contribution in [0.2, 0.25) is 0 Å². The molecule has 1 aromatic carbocycles. The van der Waals surface area contributed by atoms with Gasteiger partial charge >= 0.3 is 0 Å². The topological polar surface area (TPSA) is 34.0 Å². The summed E-state index contributed by atoms with van der Waals surface area (Å²) < 4.78 is 2.00. The number of hydrogen-bond acceptors (Lipinski definition) is 3. The maximum Gasteiger partial charge on any atom is 0.0991 e. The van der Waals surface area contributed by atoms with Crippen LogP contribution in [0.15, 0.2) is 67.4 Å². The van der Waals surface area contributed by atoms with E-state index in [9.17, 15) is 0 Å². The fourth-order valence-corrected chi connectivity index (χ4v) is 2.46. The first-order valence-corrected chi connectivity index (χ1v) is 7.42. The molecule has 0 N–H and O–H groups in total. The number of imidazole rings is 1. The average molecular weight is 292 g/mol. The molecule has 0 aliphatic rings. The third-order valence-corrected chi connectivity index (χ3v) is 3.95. The minimum atomic E-state index is 0.287. The van der Waals surface area contributed by atoms with E-state index in [0.717, 1.165) is 17.9 Å². The van der Waals surface area contributed by atoms with E-state index in [1.165, 1.54) is 5.56 Å². The van der Waals surface area contributed by atoms with E-state index in [0.29, 0.717) is 0 Å². The molecule has 0 aliphatic heterocycles. The summed E-state index contributed by atoms with van der Waals surface area (Å²) in [4.78, 5) is 10.8. The van der Waals surface area contributed by atoms with Gasteiger partial charge in [-0.25, -0.2) is 4.98 Å². The van der Waals surface area contributed by atoms with Crippen molar-refractivity contribution in [3.8, 4) is 5.69 Å². The van der Waals surface area contributed by atoms with Crippen LogP contribution in [0.3, 0.4) is 0 Å². The normalized spacial score (nSPS) is 12.5. The van der Waals surface area contributed by atoms with Crippen LogP contribution in [0.1, 0.15) is 24.2 Å². The van der Waals surface area contributed by atoms with Crippen molar-refractivity contribution < 1.29 is 0 Å². The number of benzene rings is 1. The van der Waals surface area contributed by atoms with Crippen molar-refractivity contribution in [2.75, 3.05) is 7.05 Å². The summed E-state index contributed by atoms with van der Waals surface area (Å²) in [6.45, 7) is 3.07. The monoisotopic (exact) mass is 292 g/mol. The van der Waals surface area contributed by atoms with E-state index in [-0.39, 0.29) is 6.04 Å². The first-order valence-electron chi connectivity index (χ1n) is 7.42. The fraction of sp³-hybridized carbons (Fsp3) is 0.222. The molecule has 4 nitrogen and oxygen atoms in total. The van der Waals surface area contributed by atoms with E-state index in [1.54, 1.807) is 6.20 Å². The van der Waals surface area contributed by atoms with Gasteiger partial charge in [-0.05, 0) is 43.8 Å². The van der Waals surface area contributed by atoms with Crippen LogP contribution in [0.4, 0.5) is 0 Å². The molecule has 0 amide bonds. The van der Waals surface area contributed by atoms with Gasteiger partial charge in [0.15, 0.2) is 0 Å². The second-order valence-corrected chi connectivity index (χ2v) is 5.48. The molecule has 3 aromatic rings. The third kappa shape index (κ3) is 3.23. The van der Waals surface area contributed by atoms with Crippen molar-refractivity contribution in [2.24, 2.45) is 0 Å². The first-order chi connectivity index (χ1) is 10.7. The van der Waals surface area contributed by atoms with E-state index in [2.05, 4.69) is 59.2 Å². The Labute approximate surface area is 131 Å². The average Bonchev–Trinajstić information content (AvgIpc) is 3.10. The summed E-state index contributed by atoms with van der Waals surface area (Å²) in [5, 5.41) is 0. The molecule has 0 spiro atoms. The Kier molecular flexibility index (Phi) is 4.30. The molecular weight excluding hydrogens is 272 g/mol. The van der Waals surface area contributed by atoms with Crippen LogP contribution < -0.4 is 0 Å². The van der Waals surface area contributed by atoms with Crippen LogP contribution in [0, 0.1) is 0 Å². The van der Waals surface area contributed by atoms with Crippen molar-refractivity contribution in [3.05, 3.63) is 78.6 Å². The molecule has 1 atom stereocenters. The lowest BCUT2D eigenvalue weighted by atomic mass is 10.1. The molecule has 0 saturated heterocycles. The highest BCUT2D eigenvalue weighted by Crippen LogP contribution is 2.19. The Morgan fingerprint density at radius 3 is 2.55 bits per heavy atom. The molecule has 22 heavy (non-hydrogen) atoms. The molecule has 2 heterocycles. The Morgan fingerprint density at radius 2 is 1.91 bits per heavy atom. The van der Waals surface area contributed by atoms with E-state index in [1.807, 2.05) is 35.4 Å². The van der Waals surface area contributed by atoms with Crippen LogP contribution in [-0.4, -0.2) is 26.5 Å². The van der Waals surface area contributed by atoms with Gasteiger partial charge in [-0.2, -0.15) is 0 Å². The Balaban J connectivity index is 1.68. The number of hydrogen-bond donors (Lipinski definition) is 0. The van der Waals surface area contributed by atoms with Gasteiger partial charge in [0.1, 0.15) is 0 Å². The molecule has 3 rings (SSSR count). The highest BCUT2D eigenvalue weighted by atomic mass is 15.1. The summed E-state index contributed by atoms with van der Waals surface area (Å²) in [6, 6.07) is 14.9. The largest absolute Gasteiger partial charge is 0.306 e. The maximum absolute atomic E-state index is 4.44. The molecule has 0 aliphatic carbocycles. The second-order valence-electron chi connectivity index (χ2n) is 5.48. The molecule has 112 valence electrons. The number of rotatable bonds is 5. The Bertz CT molecular complexity index is 690. The maximum atomic E-state index is 4.44. The predicted octanol–water partition coefficient (Wildman–Crippen LogP) is 3.46. The van der Waals surface area contributed by atoms with Crippen LogP contribution in [0.25, 0.3) is 5.69 Å². The van der Waals surface area contributed by atoms with Gasteiger partial charge in [-0.15, -0.1) is 0 Å². The van der Waals surface area contributed by atoms with Crippen molar-refractivity contribution in [1.82, 2.24) is 19.4 Å². The van der Waals surface area contributed by atoms with Crippen LogP contribution in [-0.2, 0) is 6.54 Å². The van der Waals surface area contributed by atoms with Gasteiger partial charge in [0.2, 0.25) is 0 Å².